The molecule has 1 heterocycles. The number of hydrogen-bond acceptors (Lipinski definition) is 1. The number of halogens is 1. The fourth-order valence-corrected chi connectivity index (χ4v) is 3.54. The van der Waals surface area contributed by atoms with Crippen LogP contribution in [0.1, 0.15) is 37.5 Å². The van der Waals surface area contributed by atoms with Gasteiger partial charge in [-0.15, -0.1) is 22.9 Å². The summed E-state index contributed by atoms with van der Waals surface area (Å²) in [6, 6.07) is 4.38. The molecule has 0 aromatic carbocycles. The van der Waals surface area contributed by atoms with Crippen LogP contribution in [0, 0.1) is 5.41 Å². The zero-order chi connectivity index (χ0) is 10.0. The Bertz CT molecular complexity index is 281. The summed E-state index contributed by atoms with van der Waals surface area (Å²) >= 11 is 8.03. The lowest BCUT2D eigenvalue weighted by atomic mass is 9.84. The minimum atomic E-state index is 0.434. The van der Waals surface area contributed by atoms with Crippen molar-refractivity contribution in [2.24, 2.45) is 5.41 Å². The summed E-state index contributed by atoms with van der Waals surface area (Å²) in [7, 11) is 0. The lowest BCUT2D eigenvalue weighted by Gasteiger charge is -2.22. The highest BCUT2D eigenvalue weighted by Crippen LogP contribution is 2.43. The fourth-order valence-electron chi connectivity index (χ4n) is 2.35. The highest BCUT2D eigenvalue weighted by Gasteiger charge is 2.33. The first-order valence-electron chi connectivity index (χ1n) is 5.34. The van der Waals surface area contributed by atoms with Gasteiger partial charge in [0.25, 0.3) is 0 Å². The number of thiophene rings is 1. The molecule has 1 fully saturated rings. The molecular weight excluding hydrogens is 212 g/mol. The van der Waals surface area contributed by atoms with Crippen molar-refractivity contribution in [3.8, 4) is 0 Å². The molecule has 0 nitrogen and oxygen atoms in total. The normalized spacial score (nSPS) is 32.3. The van der Waals surface area contributed by atoms with Crippen LogP contribution in [-0.4, -0.2) is 5.38 Å². The summed E-state index contributed by atoms with van der Waals surface area (Å²) in [5.74, 6) is 0. The van der Waals surface area contributed by atoms with E-state index in [-0.39, 0.29) is 0 Å². The lowest BCUT2D eigenvalue weighted by Crippen LogP contribution is -2.12. The molecule has 1 aliphatic carbocycles. The second-order valence-corrected chi connectivity index (χ2v) is 6.38. The second kappa shape index (κ2) is 4.24. The van der Waals surface area contributed by atoms with Crippen molar-refractivity contribution >= 4 is 22.9 Å². The summed E-state index contributed by atoms with van der Waals surface area (Å²) in [5.41, 5.74) is 0.510. The molecule has 0 saturated heterocycles. The van der Waals surface area contributed by atoms with Gasteiger partial charge in [-0.25, -0.2) is 0 Å². The van der Waals surface area contributed by atoms with E-state index in [9.17, 15) is 0 Å². The molecule has 2 rings (SSSR count). The molecule has 1 saturated carbocycles. The first-order chi connectivity index (χ1) is 6.68. The van der Waals surface area contributed by atoms with E-state index in [0.29, 0.717) is 10.8 Å². The molecule has 0 radical (unpaired) electrons. The molecule has 1 aromatic heterocycles. The predicted molar refractivity (Wildman–Crippen MR) is 64.2 cm³/mol. The van der Waals surface area contributed by atoms with Crippen molar-refractivity contribution in [1.29, 1.82) is 0 Å². The Kier molecular flexibility index (Phi) is 3.18. The van der Waals surface area contributed by atoms with E-state index in [0.717, 1.165) is 0 Å². The standard InChI is InChI=1S/C12H17ClS/c1-12(6-4-10(13)9-12)7-5-11-3-2-8-14-11/h2-3,8,10H,4-7,9H2,1H3. The van der Waals surface area contributed by atoms with Gasteiger partial charge in [0.2, 0.25) is 0 Å². The van der Waals surface area contributed by atoms with Crippen LogP contribution >= 0.6 is 22.9 Å². The number of rotatable bonds is 3. The van der Waals surface area contributed by atoms with Gasteiger partial charge in [0.1, 0.15) is 0 Å². The first-order valence-corrected chi connectivity index (χ1v) is 6.66. The lowest BCUT2D eigenvalue weighted by molar-refractivity contribution is 0.310. The summed E-state index contributed by atoms with van der Waals surface area (Å²) in [5, 5.41) is 2.60. The van der Waals surface area contributed by atoms with E-state index in [1.807, 2.05) is 11.3 Å². The summed E-state index contributed by atoms with van der Waals surface area (Å²) < 4.78 is 0. The van der Waals surface area contributed by atoms with Crippen molar-refractivity contribution in [2.75, 3.05) is 0 Å². The monoisotopic (exact) mass is 228 g/mol. The van der Waals surface area contributed by atoms with Crippen molar-refractivity contribution < 1.29 is 0 Å². The van der Waals surface area contributed by atoms with E-state index in [2.05, 4.69) is 24.4 Å². The number of alkyl halides is 1. The summed E-state index contributed by atoms with van der Waals surface area (Å²) in [6.07, 6.45) is 6.27. The Morgan fingerprint density at radius 3 is 3.07 bits per heavy atom. The fraction of sp³-hybridized carbons (Fsp3) is 0.667. The summed E-state index contributed by atoms with van der Waals surface area (Å²) in [4.78, 5) is 1.52. The second-order valence-electron chi connectivity index (χ2n) is 4.73. The van der Waals surface area contributed by atoms with Crippen molar-refractivity contribution in [1.82, 2.24) is 0 Å². The highest BCUT2D eigenvalue weighted by atomic mass is 35.5. The zero-order valence-corrected chi connectivity index (χ0v) is 10.2. The van der Waals surface area contributed by atoms with E-state index in [1.165, 1.54) is 37.0 Å². The van der Waals surface area contributed by atoms with E-state index in [1.54, 1.807) is 0 Å². The van der Waals surface area contributed by atoms with Crippen LogP contribution < -0.4 is 0 Å². The number of aryl methyl sites for hydroxylation is 1. The quantitative estimate of drug-likeness (QED) is 0.670. The topological polar surface area (TPSA) is 0 Å². The Morgan fingerprint density at radius 1 is 1.64 bits per heavy atom. The van der Waals surface area contributed by atoms with Crippen molar-refractivity contribution in [3.05, 3.63) is 22.4 Å². The largest absolute Gasteiger partial charge is 0.149 e. The van der Waals surface area contributed by atoms with Crippen LogP contribution in [0.15, 0.2) is 17.5 Å². The number of hydrogen-bond donors (Lipinski definition) is 0. The Hall–Kier alpha value is -0.0100. The van der Waals surface area contributed by atoms with Crippen LogP contribution in [0.2, 0.25) is 0 Å². The van der Waals surface area contributed by atoms with Gasteiger partial charge in [-0.05, 0) is 49.0 Å². The van der Waals surface area contributed by atoms with Gasteiger partial charge in [-0.3, -0.25) is 0 Å². The third kappa shape index (κ3) is 2.52. The molecule has 0 aliphatic heterocycles. The van der Waals surface area contributed by atoms with Crippen molar-refractivity contribution in [2.45, 2.75) is 44.4 Å². The zero-order valence-electron chi connectivity index (χ0n) is 8.63. The molecular formula is C12H17ClS. The molecule has 0 spiro atoms. The summed E-state index contributed by atoms with van der Waals surface area (Å²) in [6.45, 7) is 2.39. The third-order valence-electron chi connectivity index (χ3n) is 3.33. The molecule has 1 aliphatic rings. The highest BCUT2D eigenvalue weighted by molar-refractivity contribution is 7.09. The van der Waals surface area contributed by atoms with Gasteiger partial charge in [0.15, 0.2) is 0 Å². The van der Waals surface area contributed by atoms with Crippen LogP contribution in [0.5, 0.6) is 0 Å². The molecule has 2 heteroatoms. The van der Waals surface area contributed by atoms with Gasteiger partial charge in [0, 0.05) is 10.3 Å². The van der Waals surface area contributed by atoms with Gasteiger partial charge in [-0.1, -0.05) is 13.0 Å². The predicted octanol–water partition coefficient (Wildman–Crippen LogP) is 4.48. The maximum Gasteiger partial charge on any atom is 0.0341 e. The molecule has 14 heavy (non-hydrogen) atoms. The molecule has 0 bridgehead atoms. The maximum absolute atomic E-state index is 6.16. The Labute approximate surface area is 95.3 Å². The van der Waals surface area contributed by atoms with Crippen LogP contribution in [0.4, 0.5) is 0 Å². The SMILES string of the molecule is CC1(CCc2cccs2)CCC(Cl)C1. The average Bonchev–Trinajstić information content (AvgIpc) is 2.73. The van der Waals surface area contributed by atoms with E-state index >= 15 is 0 Å². The van der Waals surface area contributed by atoms with Gasteiger partial charge < -0.3 is 0 Å². The molecule has 78 valence electrons. The van der Waals surface area contributed by atoms with Gasteiger partial charge >= 0.3 is 0 Å². The maximum atomic E-state index is 6.16. The average molecular weight is 229 g/mol. The minimum absolute atomic E-state index is 0.434. The minimum Gasteiger partial charge on any atom is -0.149 e. The van der Waals surface area contributed by atoms with E-state index in [4.69, 9.17) is 11.6 Å². The first kappa shape index (κ1) is 10.5. The van der Waals surface area contributed by atoms with Gasteiger partial charge in [0.05, 0.1) is 0 Å². The Balaban J connectivity index is 1.86. The van der Waals surface area contributed by atoms with Crippen molar-refractivity contribution in [3.63, 3.8) is 0 Å². The molecule has 0 amide bonds. The molecule has 2 unspecified atom stereocenters. The Morgan fingerprint density at radius 2 is 2.50 bits per heavy atom. The smallest absolute Gasteiger partial charge is 0.0341 e. The molecule has 0 N–H and O–H groups in total. The molecule has 2 atom stereocenters. The third-order valence-corrected chi connectivity index (χ3v) is 4.64. The van der Waals surface area contributed by atoms with Crippen LogP contribution in [-0.2, 0) is 6.42 Å². The van der Waals surface area contributed by atoms with E-state index < -0.39 is 0 Å². The molecule has 1 aromatic rings. The van der Waals surface area contributed by atoms with Crippen LogP contribution in [0.25, 0.3) is 0 Å². The van der Waals surface area contributed by atoms with Gasteiger partial charge in [-0.2, -0.15) is 0 Å². The van der Waals surface area contributed by atoms with Crippen LogP contribution in [0.3, 0.4) is 0 Å².